The molecule has 0 aliphatic heterocycles. The first-order valence-corrected chi connectivity index (χ1v) is 18.6. The summed E-state index contributed by atoms with van der Waals surface area (Å²) in [6, 6.07) is 75.3. The lowest BCUT2D eigenvalue weighted by Gasteiger charge is -2.28. The fraction of sp³-hybridized carbons (Fsp3) is 0. The number of hydrogen-bond acceptors (Lipinski definition) is 1. The molecule has 0 amide bonds. The average Bonchev–Trinajstić information content (AvgIpc) is 3.58. The largest absolute Gasteiger partial charge is 0.310 e. The van der Waals surface area contributed by atoms with Gasteiger partial charge in [-0.25, -0.2) is 0 Å². The van der Waals surface area contributed by atoms with E-state index in [1.54, 1.807) is 0 Å². The van der Waals surface area contributed by atoms with Crippen LogP contribution in [0, 0.1) is 0 Å². The van der Waals surface area contributed by atoms with Crippen molar-refractivity contribution in [3.05, 3.63) is 206 Å². The van der Waals surface area contributed by atoms with E-state index in [1.165, 1.54) is 81.7 Å². The smallest absolute Gasteiger partial charge is 0.0546 e. The van der Waals surface area contributed by atoms with Crippen molar-refractivity contribution < 1.29 is 0 Å². The third-order valence-electron chi connectivity index (χ3n) is 11.1. The lowest BCUT2D eigenvalue weighted by molar-refractivity contribution is 1.18. The van der Waals surface area contributed by atoms with Crippen molar-refractivity contribution in [2.75, 3.05) is 4.90 Å². The zero-order valence-corrected chi connectivity index (χ0v) is 29.5. The zero-order chi connectivity index (χ0) is 35.6. The van der Waals surface area contributed by atoms with Crippen molar-refractivity contribution >= 4 is 82.0 Å². The Morgan fingerprint density at radius 2 is 0.907 bits per heavy atom. The van der Waals surface area contributed by atoms with Gasteiger partial charge in [0, 0.05) is 33.2 Å². The molecule has 1 aromatic heterocycles. The molecule has 0 saturated carbocycles. The predicted molar refractivity (Wildman–Crippen MR) is 231 cm³/mol. The molecule has 0 aliphatic carbocycles. The number of nitrogens with zero attached hydrogens (tertiary/aromatic N) is 2. The van der Waals surface area contributed by atoms with Crippen LogP contribution in [0.3, 0.4) is 0 Å². The van der Waals surface area contributed by atoms with Crippen LogP contribution in [0.1, 0.15) is 0 Å². The summed E-state index contributed by atoms with van der Waals surface area (Å²) >= 11 is 0. The average molecular weight is 687 g/mol. The van der Waals surface area contributed by atoms with Crippen molar-refractivity contribution in [3.63, 3.8) is 0 Å². The summed E-state index contributed by atoms with van der Waals surface area (Å²) in [5.41, 5.74) is 9.38. The Balaban J connectivity index is 1.08. The number of para-hydroxylation sites is 2. The standard InChI is InChI=1S/C52H34N2/c1-2-14-41(15-3-1)54-49-19-9-8-18-47(49)48-34-39(27-32-50(48)54)35-25-28-42(29-26-35)53(43-30-31-45-40(33-43)24-22-36-11-4-6-16-44(36)45)51-20-10-13-38-23-21-37-12-5-7-17-46(37)52(38)51/h1-34H. The Morgan fingerprint density at radius 1 is 0.315 bits per heavy atom. The summed E-state index contributed by atoms with van der Waals surface area (Å²) in [6.45, 7) is 0. The number of rotatable bonds is 5. The summed E-state index contributed by atoms with van der Waals surface area (Å²) in [6.07, 6.45) is 0. The van der Waals surface area contributed by atoms with Gasteiger partial charge in [-0.2, -0.15) is 0 Å². The van der Waals surface area contributed by atoms with Crippen LogP contribution < -0.4 is 4.90 Å². The van der Waals surface area contributed by atoms with Gasteiger partial charge in [-0.05, 0) is 109 Å². The van der Waals surface area contributed by atoms with Gasteiger partial charge in [-0.3, -0.25) is 0 Å². The molecule has 54 heavy (non-hydrogen) atoms. The molecule has 11 aromatic rings. The minimum absolute atomic E-state index is 1.11. The number of anilines is 3. The van der Waals surface area contributed by atoms with Crippen molar-refractivity contribution in [2.45, 2.75) is 0 Å². The van der Waals surface area contributed by atoms with Gasteiger partial charge in [-0.15, -0.1) is 0 Å². The number of fused-ring (bicyclic) bond motifs is 9. The van der Waals surface area contributed by atoms with E-state index in [1.807, 2.05) is 0 Å². The molecule has 0 aliphatic rings. The van der Waals surface area contributed by atoms with Crippen LogP contribution in [0.15, 0.2) is 206 Å². The Labute approximate surface area is 313 Å². The summed E-state index contributed by atoms with van der Waals surface area (Å²) in [5.74, 6) is 0. The van der Waals surface area contributed by atoms with Crippen LogP contribution in [0.5, 0.6) is 0 Å². The van der Waals surface area contributed by atoms with Crippen LogP contribution in [0.25, 0.3) is 81.7 Å². The normalized spacial score (nSPS) is 11.7. The second kappa shape index (κ2) is 12.2. The minimum atomic E-state index is 1.11. The Kier molecular flexibility index (Phi) is 6.90. The molecule has 0 spiro atoms. The van der Waals surface area contributed by atoms with E-state index >= 15 is 0 Å². The molecule has 0 unspecified atom stereocenters. The first-order chi connectivity index (χ1) is 26.8. The quantitative estimate of drug-likeness (QED) is 0.164. The molecule has 0 saturated heterocycles. The van der Waals surface area contributed by atoms with Gasteiger partial charge in [0.05, 0.1) is 16.7 Å². The summed E-state index contributed by atoms with van der Waals surface area (Å²) in [5, 5.41) is 12.5. The predicted octanol–water partition coefficient (Wildman–Crippen LogP) is 14.5. The second-order valence-electron chi connectivity index (χ2n) is 14.2. The third kappa shape index (κ3) is 4.81. The Hall–Kier alpha value is -7.16. The molecule has 0 bridgehead atoms. The fourth-order valence-electron chi connectivity index (χ4n) is 8.60. The van der Waals surface area contributed by atoms with Crippen LogP contribution >= 0.6 is 0 Å². The Bertz CT molecular complexity index is 3210. The summed E-state index contributed by atoms with van der Waals surface area (Å²) < 4.78 is 2.37. The van der Waals surface area contributed by atoms with Crippen molar-refractivity contribution in [3.8, 4) is 16.8 Å². The lowest BCUT2D eigenvalue weighted by atomic mass is 9.98. The van der Waals surface area contributed by atoms with E-state index in [0.717, 1.165) is 17.1 Å². The fourth-order valence-corrected chi connectivity index (χ4v) is 8.60. The minimum Gasteiger partial charge on any atom is -0.310 e. The molecule has 0 atom stereocenters. The van der Waals surface area contributed by atoms with Gasteiger partial charge in [0.2, 0.25) is 0 Å². The van der Waals surface area contributed by atoms with Gasteiger partial charge in [-0.1, -0.05) is 146 Å². The van der Waals surface area contributed by atoms with Crippen molar-refractivity contribution in [1.82, 2.24) is 4.57 Å². The van der Waals surface area contributed by atoms with Crippen LogP contribution in [0.4, 0.5) is 17.1 Å². The third-order valence-corrected chi connectivity index (χ3v) is 11.1. The molecule has 252 valence electrons. The SMILES string of the molecule is c1ccc(-n2c3ccccc3c3cc(-c4ccc(N(c5ccc6c(ccc7ccccc76)c5)c5cccc6ccc7ccccc7c56)cc4)ccc32)cc1. The second-order valence-corrected chi connectivity index (χ2v) is 14.2. The first kappa shape index (κ1) is 30.5. The highest BCUT2D eigenvalue weighted by atomic mass is 15.1. The van der Waals surface area contributed by atoms with Crippen molar-refractivity contribution in [1.29, 1.82) is 0 Å². The van der Waals surface area contributed by atoms with E-state index in [-0.39, 0.29) is 0 Å². The maximum atomic E-state index is 2.43. The van der Waals surface area contributed by atoms with Gasteiger partial charge >= 0.3 is 0 Å². The maximum absolute atomic E-state index is 2.43. The molecular formula is C52H34N2. The van der Waals surface area contributed by atoms with E-state index in [0.29, 0.717) is 0 Å². The monoisotopic (exact) mass is 686 g/mol. The van der Waals surface area contributed by atoms with E-state index in [2.05, 4.69) is 216 Å². The van der Waals surface area contributed by atoms with Crippen LogP contribution in [-0.2, 0) is 0 Å². The highest BCUT2D eigenvalue weighted by Crippen LogP contribution is 2.44. The van der Waals surface area contributed by atoms with E-state index in [9.17, 15) is 0 Å². The molecular weight excluding hydrogens is 653 g/mol. The molecule has 2 heteroatoms. The van der Waals surface area contributed by atoms with Gasteiger partial charge in [0.1, 0.15) is 0 Å². The summed E-state index contributed by atoms with van der Waals surface area (Å²) in [4.78, 5) is 2.43. The highest BCUT2D eigenvalue weighted by Gasteiger charge is 2.19. The number of hydrogen-bond donors (Lipinski definition) is 0. The zero-order valence-electron chi connectivity index (χ0n) is 29.5. The van der Waals surface area contributed by atoms with E-state index < -0.39 is 0 Å². The lowest BCUT2D eigenvalue weighted by Crippen LogP contribution is -2.10. The molecule has 11 rings (SSSR count). The molecule has 0 fully saturated rings. The molecule has 0 N–H and O–H groups in total. The molecule has 0 radical (unpaired) electrons. The molecule has 2 nitrogen and oxygen atoms in total. The van der Waals surface area contributed by atoms with Crippen LogP contribution in [0.2, 0.25) is 0 Å². The molecule has 10 aromatic carbocycles. The van der Waals surface area contributed by atoms with Gasteiger partial charge in [0.25, 0.3) is 0 Å². The van der Waals surface area contributed by atoms with Gasteiger partial charge in [0.15, 0.2) is 0 Å². The number of benzene rings is 10. The Morgan fingerprint density at radius 3 is 1.74 bits per heavy atom. The van der Waals surface area contributed by atoms with Crippen molar-refractivity contribution in [2.24, 2.45) is 0 Å². The molecule has 1 heterocycles. The maximum Gasteiger partial charge on any atom is 0.0546 e. The summed E-state index contributed by atoms with van der Waals surface area (Å²) in [7, 11) is 0. The number of aromatic nitrogens is 1. The first-order valence-electron chi connectivity index (χ1n) is 18.6. The topological polar surface area (TPSA) is 8.17 Å². The van der Waals surface area contributed by atoms with E-state index in [4.69, 9.17) is 0 Å². The van der Waals surface area contributed by atoms with Gasteiger partial charge < -0.3 is 9.47 Å². The highest BCUT2D eigenvalue weighted by molar-refractivity contribution is 6.16. The van der Waals surface area contributed by atoms with Crippen LogP contribution in [-0.4, -0.2) is 4.57 Å².